The second-order valence-electron chi connectivity index (χ2n) is 18.2. The van der Waals surface area contributed by atoms with E-state index < -0.39 is 20.1 Å². The minimum atomic E-state index is -2.08. The number of nitrogens with zero attached hydrogens (tertiary/aromatic N) is 4. The first kappa shape index (κ1) is 39.7. The Balaban J connectivity index is 0.000000226. The predicted molar refractivity (Wildman–Crippen MR) is 264 cm³/mol. The first-order valence-corrected chi connectivity index (χ1v) is 29.0. The summed E-state index contributed by atoms with van der Waals surface area (Å²) in [6.07, 6.45) is 1.95. The van der Waals surface area contributed by atoms with Crippen LogP contribution in [0.1, 0.15) is 66.0 Å². The summed E-state index contributed by atoms with van der Waals surface area (Å²) in [5.74, 6) is 8.47. The molecule has 0 amide bonds. The zero-order chi connectivity index (χ0) is 46.2. The van der Waals surface area contributed by atoms with Crippen LogP contribution in [0.5, 0.6) is 0 Å². The minimum absolute atomic E-state index is 0. The molecule has 0 atom stereocenters. The molecule has 0 saturated carbocycles. The van der Waals surface area contributed by atoms with Gasteiger partial charge in [-0.2, -0.15) is 0 Å². The van der Waals surface area contributed by atoms with Crippen molar-refractivity contribution in [2.24, 2.45) is 0 Å². The fourth-order valence-electron chi connectivity index (χ4n) is 8.47. The van der Waals surface area contributed by atoms with E-state index in [0.717, 1.165) is 99.7 Å². The van der Waals surface area contributed by atoms with Crippen molar-refractivity contribution in [3.63, 3.8) is 0 Å². The largest absolute Gasteiger partial charge is 0 e. The topological polar surface area (TPSA) is 69.9 Å². The summed E-state index contributed by atoms with van der Waals surface area (Å²) in [5.41, 5.74) is 12.2. The fraction of sp³-hybridized carbons (Fsp3) is 0.196. The number of benzene rings is 6. The molecule has 64 heavy (non-hydrogen) atoms. The van der Waals surface area contributed by atoms with E-state index in [4.69, 9.17) is 22.9 Å². The van der Waals surface area contributed by atoms with Crippen molar-refractivity contribution in [2.75, 3.05) is 0 Å². The number of fused-ring (bicyclic) bond motifs is 9. The number of pyridine rings is 2. The Kier molecular flexibility index (Phi) is 10.5. The molecule has 0 saturated heterocycles. The zero-order valence-electron chi connectivity index (χ0n) is 40.2. The Bertz CT molecular complexity index is 3580. The molecule has 0 fully saturated rings. The molecule has 5 aromatic heterocycles. The molecule has 0 aliphatic rings. The summed E-state index contributed by atoms with van der Waals surface area (Å²) in [7, 11) is 0. The molecule has 11 aromatic rings. The smallest absolute Gasteiger partial charge is 0 e. The van der Waals surface area contributed by atoms with Gasteiger partial charge in [-0.3, -0.25) is 4.98 Å². The molecule has 0 aliphatic carbocycles. The molecule has 6 nitrogen and oxygen atoms in total. The van der Waals surface area contributed by atoms with Crippen LogP contribution in [0.2, 0.25) is 17.3 Å². The van der Waals surface area contributed by atoms with Crippen molar-refractivity contribution in [1.29, 1.82) is 0 Å². The van der Waals surface area contributed by atoms with Gasteiger partial charge in [-0.05, 0) is 59.2 Å². The molecular formula is C56H50GeIrN4O2-2. The number of aryl methyl sites for hydroxylation is 2. The SMILES string of the molecule is Cc1c[c-]c(-c2nc3c4ccccc4ccc3n2-c2ccc3c(c2)oc2cc(C(C)C)ccc23)c2oc3nc(C(C)C)ccc3c12.[2H]C([2H])([2H])c1c[c-]c(-c2cc[c]([Ge]([CH3])([CH3])[CH3])cn2)cc1.[Ir]. The van der Waals surface area contributed by atoms with E-state index in [1.54, 1.807) is 12.1 Å². The van der Waals surface area contributed by atoms with Crippen molar-refractivity contribution in [3.8, 4) is 28.3 Å². The fourth-order valence-corrected chi connectivity index (χ4v) is 10.6. The van der Waals surface area contributed by atoms with Crippen LogP contribution in [0.15, 0.2) is 136 Å². The maximum atomic E-state index is 7.35. The van der Waals surface area contributed by atoms with Gasteiger partial charge in [-0.15, -0.1) is 17.7 Å². The quantitative estimate of drug-likeness (QED) is 0.123. The number of rotatable bonds is 6. The molecule has 11 rings (SSSR count). The Hall–Kier alpha value is -5.86. The summed E-state index contributed by atoms with van der Waals surface area (Å²) in [6.45, 7) is 8.73. The molecule has 0 unspecified atom stereocenters. The Morgan fingerprint density at radius 2 is 1.50 bits per heavy atom. The second-order valence-corrected chi connectivity index (χ2v) is 28.8. The maximum absolute atomic E-state index is 7.35. The average Bonchev–Trinajstić information content (AvgIpc) is 4.00. The van der Waals surface area contributed by atoms with Crippen LogP contribution >= 0.6 is 0 Å². The molecule has 1 radical (unpaired) electrons. The monoisotopic (exact) mass is 1080 g/mol. The summed E-state index contributed by atoms with van der Waals surface area (Å²) in [4.78, 5) is 14.7. The third kappa shape index (κ3) is 7.78. The molecule has 321 valence electrons. The maximum Gasteiger partial charge on any atom is 0 e. The third-order valence-corrected chi connectivity index (χ3v) is 16.4. The van der Waals surface area contributed by atoms with Crippen LogP contribution < -0.4 is 4.40 Å². The first-order chi connectivity index (χ1) is 31.5. The van der Waals surface area contributed by atoms with Crippen molar-refractivity contribution in [3.05, 3.63) is 162 Å². The van der Waals surface area contributed by atoms with Crippen LogP contribution in [-0.4, -0.2) is 32.8 Å². The number of hydrogen-bond donors (Lipinski definition) is 0. The van der Waals surface area contributed by atoms with Crippen molar-refractivity contribution < 1.29 is 33.1 Å². The van der Waals surface area contributed by atoms with E-state index in [1.807, 2.05) is 18.3 Å². The number of imidazole rings is 1. The predicted octanol–water partition coefficient (Wildman–Crippen LogP) is 14.8. The van der Waals surface area contributed by atoms with Crippen molar-refractivity contribution in [1.82, 2.24) is 19.5 Å². The molecular weight excluding hydrogens is 1030 g/mol. The summed E-state index contributed by atoms with van der Waals surface area (Å²) in [5, 5.41) is 6.51. The van der Waals surface area contributed by atoms with Crippen LogP contribution in [0.4, 0.5) is 0 Å². The van der Waals surface area contributed by atoms with Gasteiger partial charge in [0.25, 0.3) is 0 Å². The zero-order valence-corrected chi connectivity index (χ0v) is 41.7. The van der Waals surface area contributed by atoms with Gasteiger partial charge in [-0.1, -0.05) is 88.0 Å². The van der Waals surface area contributed by atoms with E-state index in [-0.39, 0.29) is 20.1 Å². The normalized spacial score (nSPS) is 12.9. The van der Waals surface area contributed by atoms with E-state index in [9.17, 15) is 0 Å². The summed E-state index contributed by atoms with van der Waals surface area (Å²) in [6, 6.07) is 47.6. The van der Waals surface area contributed by atoms with Gasteiger partial charge in [0.15, 0.2) is 0 Å². The van der Waals surface area contributed by atoms with Crippen LogP contribution in [0.3, 0.4) is 0 Å². The number of aromatic nitrogens is 4. The van der Waals surface area contributed by atoms with Crippen LogP contribution in [0.25, 0.3) is 94.1 Å². The molecule has 0 spiro atoms. The molecule has 0 N–H and O–H groups in total. The first-order valence-electron chi connectivity index (χ1n) is 23.1. The molecule has 5 heterocycles. The van der Waals surface area contributed by atoms with Gasteiger partial charge >= 0.3 is 110 Å². The third-order valence-electron chi connectivity index (χ3n) is 12.1. The van der Waals surface area contributed by atoms with Crippen molar-refractivity contribution in [2.45, 2.75) is 70.6 Å². The molecule has 8 heteroatoms. The van der Waals surface area contributed by atoms with Gasteiger partial charge in [-0.25, -0.2) is 4.98 Å². The van der Waals surface area contributed by atoms with Gasteiger partial charge in [0, 0.05) is 59.1 Å². The van der Waals surface area contributed by atoms with E-state index in [0.29, 0.717) is 23.1 Å². The molecule has 6 aromatic carbocycles. The van der Waals surface area contributed by atoms with E-state index >= 15 is 0 Å². The van der Waals surface area contributed by atoms with Gasteiger partial charge in [0.2, 0.25) is 5.71 Å². The van der Waals surface area contributed by atoms with Crippen molar-refractivity contribution >= 4 is 83.5 Å². The Labute approximate surface area is 394 Å². The number of hydrogen-bond acceptors (Lipinski definition) is 5. The van der Waals surface area contributed by atoms with Gasteiger partial charge in [0.05, 0.1) is 22.4 Å². The van der Waals surface area contributed by atoms with E-state index in [2.05, 4.69) is 165 Å². The molecule has 0 aliphatic heterocycles. The minimum Gasteiger partial charge on any atom is 0 e. The van der Waals surface area contributed by atoms with Gasteiger partial charge < -0.3 is 13.4 Å². The Morgan fingerprint density at radius 1 is 0.719 bits per heavy atom. The standard InChI is InChI=1S/C41H32N3O2.C15H18GeN.Ir/c1-22(2)26-11-15-29-30-16-13-27(21-36(30)45-35(29)20-26)44-34-19-12-25-8-6-7-9-28(25)38(34)43-40(44)32-14-10-24(5)37-31-17-18-33(23(3)4)42-41(31)46-39(32)37;1-12-5-7-13(8-6-12)15-10-9-14(11-17-15)16(2,3)4;/h6-13,15-23H,1-5H3;5-7,9-11H,1-4H3;/q2*-1;/i;1D3;. The Morgan fingerprint density at radius 3 is 2.22 bits per heavy atom. The average molecular weight is 1080 g/mol. The van der Waals surface area contributed by atoms with Crippen LogP contribution in [-0.2, 0) is 20.1 Å². The summed E-state index contributed by atoms with van der Waals surface area (Å²) < 4.78 is 38.7. The van der Waals surface area contributed by atoms with Crippen LogP contribution in [0, 0.1) is 25.9 Å². The number of furan rings is 2. The second kappa shape index (κ2) is 16.9. The summed E-state index contributed by atoms with van der Waals surface area (Å²) >= 11 is -1.83. The van der Waals surface area contributed by atoms with Gasteiger partial charge in [0.1, 0.15) is 11.2 Å². The van der Waals surface area contributed by atoms with E-state index in [1.165, 1.54) is 16.0 Å². The molecule has 0 bridgehead atoms.